The van der Waals surface area contributed by atoms with E-state index in [0.29, 0.717) is 30.6 Å². The van der Waals surface area contributed by atoms with Gasteiger partial charge in [0.15, 0.2) is 0 Å². The number of carbonyl (C=O) groups excluding carboxylic acids is 1. The van der Waals surface area contributed by atoms with Crippen molar-refractivity contribution in [2.75, 3.05) is 18.1 Å². The second-order valence-electron chi connectivity index (χ2n) is 5.48. The van der Waals surface area contributed by atoms with E-state index in [4.69, 9.17) is 5.11 Å². The summed E-state index contributed by atoms with van der Waals surface area (Å²) in [6.07, 6.45) is 4.07. The Morgan fingerprint density at radius 2 is 1.95 bits per heavy atom. The zero-order valence-electron chi connectivity index (χ0n) is 13.0. The molecule has 0 aliphatic carbocycles. The van der Waals surface area contributed by atoms with Gasteiger partial charge in [-0.2, -0.15) is 11.8 Å². The summed E-state index contributed by atoms with van der Waals surface area (Å²) in [5, 5.41) is 11.7. The molecule has 0 aliphatic rings. The number of thioether (sulfide) groups is 1. The molecule has 0 aliphatic heterocycles. The Morgan fingerprint density at radius 1 is 1.25 bits per heavy atom. The minimum absolute atomic E-state index is 0.0897. The Morgan fingerprint density at radius 3 is 2.50 bits per heavy atom. The first kappa shape index (κ1) is 19.3. The quantitative estimate of drug-likeness (QED) is 0.543. The Kier molecular flexibility index (Phi) is 11.6. The van der Waals surface area contributed by atoms with Crippen molar-refractivity contribution in [2.24, 2.45) is 11.8 Å². The number of nitrogens with one attached hydrogen (secondary N) is 1. The van der Waals surface area contributed by atoms with Gasteiger partial charge < -0.3 is 10.4 Å². The van der Waals surface area contributed by atoms with Gasteiger partial charge in [0.05, 0.1) is 5.75 Å². The van der Waals surface area contributed by atoms with Crippen LogP contribution in [0.5, 0.6) is 0 Å². The largest absolute Gasteiger partial charge is 0.481 e. The van der Waals surface area contributed by atoms with Gasteiger partial charge in [0.2, 0.25) is 5.91 Å². The maximum atomic E-state index is 11.6. The summed E-state index contributed by atoms with van der Waals surface area (Å²) in [7, 11) is 0. The van der Waals surface area contributed by atoms with Crippen molar-refractivity contribution in [1.29, 1.82) is 0 Å². The predicted molar refractivity (Wildman–Crippen MR) is 85.1 cm³/mol. The van der Waals surface area contributed by atoms with Gasteiger partial charge >= 0.3 is 5.97 Å². The molecule has 1 atom stereocenters. The Balaban J connectivity index is 3.76. The molecule has 0 saturated carbocycles. The molecule has 0 aromatic carbocycles. The van der Waals surface area contributed by atoms with Gasteiger partial charge in [0.25, 0.3) is 0 Å². The van der Waals surface area contributed by atoms with Gasteiger partial charge in [0, 0.05) is 13.0 Å². The molecule has 0 saturated heterocycles. The van der Waals surface area contributed by atoms with Gasteiger partial charge in [-0.3, -0.25) is 9.59 Å². The second-order valence-corrected chi connectivity index (χ2v) is 6.59. The third kappa shape index (κ3) is 11.1. The highest BCUT2D eigenvalue weighted by atomic mass is 32.2. The van der Waals surface area contributed by atoms with E-state index >= 15 is 0 Å². The molecule has 118 valence electrons. The lowest BCUT2D eigenvalue weighted by atomic mass is 9.88. The number of carboxylic acid groups (broad SMARTS) is 1. The molecular formula is C15H29NO3S. The number of hydrogen-bond acceptors (Lipinski definition) is 3. The summed E-state index contributed by atoms with van der Waals surface area (Å²) < 4.78 is 0. The summed E-state index contributed by atoms with van der Waals surface area (Å²) in [6.45, 7) is 7.00. The second kappa shape index (κ2) is 12.1. The topological polar surface area (TPSA) is 66.4 Å². The minimum atomic E-state index is -0.744. The molecule has 5 heteroatoms. The van der Waals surface area contributed by atoms with Gasteiger partial charge in [-0.25, -0.2) is 0 Å². The number of hydrogen-bond donors (Lipinski definition) is 2. The smallest absolute Gasteiger partial charge is 0.303 e. The molecule has 0 rings (SSSR count). The lowest BCUT2D eigenvalue weighted by Gasteiger charge is -2.20. The van der Waals surface area contributed by atoms with Crippen LogP contribution in [0, 0.1) is 11.8 Å². The van der Waals surface area contributed by atoms with Crippen LogP contribution in [0.25, 0.3) is 0 Å². The highest BCUT2D eigenvalue weighted by Gasteiger charge is 2.15. The van der Waals surface area contributed by atoms with Crippen molar-refractivity contribution >= 4 is 23.6 Å². The first-order valence-electron chi connectivity index (χ1n) is 7.53. The van der Waals surface area contributed by atoms with E-state index in [9.17, 15) is 9.59 Å². The molecule has 20 heavy (non-hydrogen) atoms. The fraction of sp³-hybridized carbons (Fsp3) is 0.867. The van der Waals surface area contributed by atoms with Crippen LogP contribution in [0.2, 0.25) is 0 Å². The lowest BCUT2D eigenvalue weighted by Crippen LogP contribution is -2.28. The van der Waals surface area contributed by atoms with E-state index in [0.717, 1.165) is 25.0 Å². The van der Waals surface area contributed by atoms with Crippen LogP contribution in [0.15, 0.2) is 0 Å². The van der Waals surface area contributed by atoms with Gasteiger partial charge in [-0.1, -0.05) is 27.2 Å². The monoisotopic (exact) mass is 303 g/mol. The number of aliphatic carboxylic acids is 1. The standard InChI is InChI=1S/C15H29NO3S/c1-4-5-10-20-11-14(17)16-9-8-13(12(2)3)6-7-15(18)19/h12-13H,4-11H2,1-3H3,(H,16,17)(H,18,19). The van der Waals surface area contributed by atoms with Gasteiger partial charge in [-0.15, -0.1) is 0 Å². The average Bonchev–Trinajstić information content (AvgIpc) is 2.38. The summed E-state index contributed by atoms with van der Waals surface area (Å²) in [4.78, 5) is 22.2. The van der Waals surface area contributed by atoms with E-state index in [1.807, 2.05) is 0 Å². The molecule has 4 nitrogen and oxygen atoms in total. The molecule has 0 aromatic heterocycles. The molecule has 1 unspecified atom stereocenters. The van der Waals surface area contributed by atoms with Crippen LogP contribution in [0.3, 0.4) is 0 Å². The normalized spacial score (nSPS) is 12.4. The first-order chi connectivity index (χ1) is 9.47. The molecule has 0 spiro atoms. The summed E-state index contributed by atoms with van der Waals surface area (Å²) in [6, 6.07) is 0. The summed E-state index contributed by atoms with van der Waals surface area (Å²) in [5.41, 5.74) is 0. The fourth-order valence-corrected chi connectivity index (χ4v) is 2.90. The molecule has 0 bridgehead atoms. The fourth-order valence-electron chi connectivity index (χ4n) is 1.98. The van der Waals surface area contributed by atoms with Gasteiger partial charge in [0.1, 0.15) is 0 Å². The third-order valence-electron chi connectivity index (χ3n) is 3.38. The van der Waals surface area contributed by atoms with E-state index < -0.39 is 5.97 Å². The third-order valence-corrected chi connectivity index (χ3v) is 4.43. The zero-order chi connectivity index (χ0) is 15.4. The van der Waals surface area contributed by atoms with Crippen molar-refractivity contribution in [3.8, 4) is 0 Å². The van der Waals surface area contributed by atoms with Crippen LogP contribution in [-0.4, -0.2) is 35.0 Å². The molecule has 1 amide bonds. The van der Waals surface area contributed by atoms with Crippen molar-refractivity contribution in [1.82, 2.24) is 5.32 Å². The number of unbranched alkanes of at least 4 members (excludes halogenated alkanes) is 1. The SMILES string of the molecule is CCCCSCC(=O)NCCC(CCC(=O)O)C(C)C. The Bertz CT molecular complexity index is 282. The van der Waals surface area contributed by atoms with Gasteiger partial charge in [-0.05, 0) is 36.9 Å². The summed E-state index contributed by atoms with van der Waals surface area (Å²) in [5.74, 6) is 1.72. The molecule has 0 heterocycles. The maximum absolute atomic E-state index is 11.6. The van der Waals surface area contributed by atoms with Crippen LogP contribution in [0.4, 0.5) is 0 Å². The van der Waals surface area contributed by atoms with Crippen molar-refractivity contribution in [3.05, 3.63) is 0 Å². The maximum Gasteiger partial charge on any atom is 0.303 e. The average molecular weight is 303 g/mol. The molecule has 0 aromatic rings. The molecule has 0 fully saturated rings. The molecule has 0 radical (unpaired) electrons. The molecule has 2 N–H and O–H groups in total. The Labute approximate surface area is 127 Å². The zero-order valence-corrected chi connectivity index (χ0v) is 13.8. The lowest BCUT2D eigenvalue weighted by molar-refractivity contribution is -0.137. The number of amides is 1. The number of carboxylic acids is 1. The Hall–Kier alpha value is -0.710. The van der Waals surface area contributed by atoms with Crippen LogP contribution in [0.1, 0.15) is 52.9 Å². The predicted octanol–water partition coefficient (Wildman–Crippen LogP) is 3.16. The number of carbonyl (C=O) groups is 2. The van der Waals surface area contributed by atoms with E-state index in [2.05, 4.69) is 26.1 Å². The van der Waals surface area contributed by atoms with E-state index in [1.54, 1.807) is 11.8 Å². The van der Waals surface area contributed by atoms with Crippen LogP contribution < -0.4 is 5.32 Å². The summed E-state index contributed by atoms with van der Waals surface area (Å²) >= 11 is 1.68. The highest BCUT2D eigenvalue weighted by molar-refractivity contribution is 7.99. The first-order valence-corrected chi connectivity index (χ1v) is 8.69. The van der Waals surface area contributed by atoms with E-state index in [1.165, 1.54) is 0 Å². The highest BCUT2D eigenvalue weighted by Crippen LogP contribution is 2.20. The van der Waals surface area contributed by atoms with Crippen LogP contribution in [-0.2, 0) is 9.59 Å². The minimum Gasteiger partial charge on any atom is -0.481 e. The van der Waals surface area contributed by atoms with E-state index in [-0.39, 0.29) is 12.3 Å². The van der Waals surface area contributed by atoms with Crippen LogP contribution >= 0.6 is 11.8 Å². The number of rotatable bonds is 12. The van der Waals surface area contributed by atoms with Crippen molar-refractivity contribution < 1.29 is 14.7 Å². The molecular weight excluding hydrogens is 274 g/mol. The van der Waals surface area contributed by atoms with Crippen molar-refractivity contribution in [3.63, 3.8) is 0 Å². The van der Waals surface area contributed by atoms with Crippen molar-refractivity contribution in [2.45, 2.75) is 52.9 Å².